The van der Waals surface area contributed by atoms with Crippen molar-refractivity contribution in [1.29, 1.82) is 0 Å². The van der Waals surface area contributed by atoms with Gasteiger partial charge in [0.15, 0.2) is 5.96 Å². The first-order valence-corrected chi connectivity index (χ1v) is 8.49. The largest absolute Gasteiger partial charge is 0.416 e. The van der Waals surface area contributed by atoms with Gasteiger partial charge in [0.25, 0.3) is 0 Å². The number of nitrogens with zero attached hydrogens (tertiary/aromatic N) is 3. The highest BCUT2D eigenvalue weighted by molar-refractivity contribution is 5.79. The summed E-state index contributed by atoms with van der Waals surface area (Å²) >= 11 is 0. The summed E-state index contributed by atoms with van der Waals surface area (Å²) in [5.74, 6) is 0.401. The van der Waals surface area contributed by atoms with E-state index in [-0.39, 0.29) is 6.54 Å². The number of benzene rings is 1. The fraction of sp³-hybridized carbons (Fsp3) is 0.588. The third-order valence-corrected chi connectivity index (χ3v) is 4.24. The third kappa shape index (κ3) is 6.93. The van der Waals surface area contributed by atoms with Crippen molar-refractivity contribution < 1.29 is 26.3 Å². The van der Waals surface area contributed by atoms with Gasteiger partial charge < -0.3 is 10.2 Å². The van der Waals surface area contributed by atoms with Crippen molar-refractivity contribution in [3.63, 3.8) is 0 Å². The van der Waals surface area contributed by atoms with Crippen molar-refractivity contribution in [2.45, 2.75) is 25.3 Å². The molecule has 0 aromatic heterocycles. The number of rotatable bonds is 4. The minimum Gasteiger partial charge on any atom is -0.356 e. The third-order valence-electron chi connectivity index (χ3n) is 4.24. The van der Waals surface area contributed by atoms with Crippen LogP contribution in [0.1, 0.15) is 17.5 Å². The average Bonchev–Trinajstić information content (AvgIpc) is 2.58. The van der Waals surface area contributed by atoms with E-state index in [0.29, 0.717) is 44.2 Å². The van der Waals surface area contributed by atoms with Crippen molar-refractivity contribution in [3.05, 3.63) is 35.4 Å². The molecule has 1 fully saturated rings. The molecule has 0 unspecified atom stereocenters. The van der Waals surface area contributed by atoms with Crippen LogP contribution in [0.3, 0.4) is 0 Å². The molecule has 2 rings (SSSR count). The summed E-state index contributed by atoms with van der Waals surface area (Å²) in [6, 6.07) is 5.22. The van der Waals surface area contributed by atoms with Crippen LogP contribution in [0, 0.1) is 0 Å². The maximum Gasteiger partial charge on any atom is 0.416 e. The summed E-state index contributed by atoms with van der Waals surface area (Å²) in [4.78, 5) is 7.85. The van der Waals surface area contributed by atoms with Gasteiger partial charge in [-0.05, 0) is 11.6 Å². The number of piperazine rings is 1. The van der Waals surface area contributed by atoms with Crippen molar-refractivity contribution in [2.24, 2.45) is 4.99 Å². The highest BCUT2D eigenvalue weighted by atomic mass is 19.4. The summed E-state index contributed by atoms with van der Waals surface area (Å²) < 4.78 is 75.1. The molecule has 152 valence electrons. The predicted octanol–water partition coefficient (Wildman–Crippen LogP) is 3.35. The first-order valence-electron chi connectivity index (χ1n) is 8.49. The van der Waals surface area contributed by atoms with Gasteiger partial charge in [-0.25, -0.2) is 0 Å². The smallest absolute Gasteiger partial charge is 0.356 e. The Kier molecular flexibility index (Phi) is 6.96. The number of hydrogen-bond acceptors (Lipinski definition) is 2. The summed E-state index contributed by atoms with van der Waals surface area (Å²) in [5, 5.41) is 2.70. The maximum atomic E-state index is 12.8. The van der Waals surface area contributed by atoms with Crippen molar-refractivity contribution in [2.75, 3.05) is 39.8 Å². The molecule has 0 bridgehead atoms. The van der Waals surface area contributed by atoms with E-state index >= 15 is 0 Å². The number of alkyl halides is 6. The van der Waals surface area contributed by atoms with Gasteiger partial charge in [-0.1, -0.05) is 18.2 Å². The van der Waals surface area contributed by atoms with E-state index in [2.05, 4.69) is 10.3 Å². The molecule has 1 aliphatic heterocycles. The number of hydrogen-bond donors (Lipinski definition) is 1. The van der Waals surface area contributed by atoms with Gasteiger partial charge in [0.1, 0.15) is 0 Å². The van der Waals surface area contributed by atoms with E-state index in [1.165, 1.54) is 13.1 Å². The van der Waals surface area contributed by atoms with Crippen molar-refractivity contribution in [3.8, 4) is 0 Å². The molecule has 1 saturated heterocycles. The second-order valence-electron chi connectivity index (χ2n) is 6.30. The summed E-state index contributed by atoms with van der Waals surface area (Å²) in [6.07, 6.45) is -9.54. The zero-order valence-electron chi connectivity index (χ0n) is 14.9. The van der Waals surface area contributed by atoms with Gasteiger partial charge in [0.2, 0.25) is 0 Å². The molecule has 4 nitrogen and oxygen atoms in total. The van der Waals surface area contributed by atoms with Gasteiger partial charge in [0, 0.05) is 46.3 Å². The van der Waals surface area contributed by atoms with Gasteiger partial charge >= 0.3 is 12.4 Å². The molecule has 1 N–H and O–H groups in total. The van der Waals surface area contributed by atoms with Crippen LogP contribution in [0.2, 0.25) is 0 Å². The lowest BCUT2D eigenvalue weighted by molar-refractivity contribution is -0.137. The van der Waals surface area contributed by atoms with Gasteiger partial charge in [-0.2, -0.15) is 26.3 Å². The minimum atomic E-state index is -4.37. The van der Waals surface area contributed by atoms with Crippen LogP contribution in [0.5, 0.6) is 0 Å². The van der Waals surface area contributed by atoms with Crippen LogP contribution in [0.25, 0.3) is 0 Å². The summed E-state index contributed by atoms with van der Waals surface area (Å²) in [7, 11) is 1.50. The van der Waals surface area contributed by atoms with Crippen LogP contribution in [0.15, 0.2) is 29.3 Å². The molecule has 1 aliphatic rings. The lowest BCUT2D eigenvalue weighted by Gasteiger charge is -2.36. The van der Waals surface area contributed by atoms with Crippen LogP contribution >= 0.6 is 0 Å². The van der Waals surface area contributed by atoms with Crippen LogP contribution < -0.4 is 5.32 Å². The van der Waals surface area contributed by atoms with Gasteiger partial charge in [-0.3, -0.25) is 9.89 Å². The lowest BCUT2D eigenvalue weighted by Crippen LogP contribution is -2.52. The molecular weight excluding hydrogens is 374 g/mol. The van der Waals surface area contributed by atoms with E-state index < -0.39 is 24.3 Å². The van der Waals surface area contributed by atoms with Gasteiger partial charge in [-0.15, -0.1) is 0 Å². The van der Waals surface area contributed by atoms with Gasteiger partial charge in [0.05, 0.1) is 12.0 Å². The predicted molar refractivity (Wildman–Crippen MR) is 90.3 cm³/mol. The van der Waals surface area contributed by atoms with E-state index in [0.717, 1.165) is 12.1 Å². The molecule has 10 heteroatoms. The summed E-state index contributed by atoms with van der Waals surface area (Å²) in [6.45, 7) is 2.36. The maximum absolute atomic E-state index is 12.8. The monoisotopic (exact) mass is 396 g/mol. The second-order valence-corrected chi connectivity index (χ2v) is 6.30. The normalized spacial score (nSPS) is 17.3. The summed E-state index contributed by atoms with van der Waals surface area (Å²) in [5.41, 5.74) is -0.0983. The zero-order valence-corrected chi connectivity index (χ0v) is 14.9. The molecule has 0 saturated carbocycles. The number of guanidine groups is 1. The number of halogens is 6. The molecule has 0 aliphatic carbocycles. The topological polar surface area (TPSA) is 30.9 Å². The molecule has 0 spiro atoms. The Balaban J connectivity index is 1.84. The fourth-order valence-corrected chi connectivity index (χ4v) is 2.87. The molecule has 0 atom stereocenters. The van der Waals surface area contributed by atoms with E-state index in [9.17, 15) is 26.3 Å². The Morgan fingerprint density at radius 1 is 1.07 bits per heavy atom. The fourth-order valence-electron chi connectivity index (χ4n) is 2.87. The standard InChI is InChI=1S/C17H22F6N4/c1-24-15(25-6-5-16(18,19)20)27-9-7-26(8-10-27)12-13-3-2-4-14(11-13)17(21,22)23/h2-4,11H,5-10,12H2,1H3,(H,24,25). The molecule has 0 radical (unpaired) electrons. The second kappa shape index (κ2) is 8.81. The molecule has 1 aromatic carbocycles. The first kappa shape index (κ1) is 21.3. The Labute approximate surface area is 153 Å². The average molecular weight is 396 g/mol. The van der Waals surface area contributed by atoms with E-state index in [4.69, 9.17) is 0 Å². The molecule has 27 heavy (non-hydrogen) atoms. The Morgan fingerprint density at radius 3 is 2.30 bits per heavy atom. The number of aliphatic imine (C=N–C) groups is 1. The molecule has 1 aromatic rings. The van der Waals surface area contributed by atoms with E-state index in [1.807, 2.05) is 9.80 Å². The minimum absolute atomic E-state index is 0.249. The first-order chi connectivity index (χ1) is 12.6. The highest BCUT2D eigenvalue weighted by Gasteiger charge is 2.30. The molecule has 0 amide bonds. The number of nitrogens with one attached hydrogen (secondary N) is 1. The van der Waals surface area contributed by atoms with E-state index in [1.54, 1.807) is 6.07 Å². The Hall–Kier alpha value is -1.97. The van der Waals surface area contributed by atoms with Crippen molar-refractivity contribution in [1.82, 2.24) is 15.1 Å². The van der Waals surface area contributed by atoms with Crippen LogP contribution in [-0.2, 0) is 12.7 Å². The lowest BCUT2D eigenvalue weighted by atomic mass is 10.1. The van der Waals surface area contributed by atoms with Crippen molar-refractivity contribution >= 4 is 5.96 Å². The molecular formula is C17H22F6N4. The SMILES string of the molecule is CN=C(NCCC(F)(F)F)N1CCN(Cc2cccc(C(F)(F)F)c2)CC1. The quantitative estimate of drug-likeness (QED) is 0.481. The van der Waals surface area contributed by atoms with Crippen LogP contribution in [0.4, 0.5) is 26.3 Å². The Morgan fingerprint density at radius 2 is 1.74 bits per heavy atom. The Bertz CT molecular complexity index is 633. The molecule has 1 heterocycles. The highest BCUT2D eigenvalue weighted by Crippen LogP contribution is 2.29. The van der Waals surface area contributed by atoms with Crippen LogP contribution in [-0.4, -0.2) is 61.7 Å². The zero-order chi connectivity index (χ0) is 20.1.